The van der Waals surface area contributed by atoms with Gasteiger partial charge >= 0.3 is 0 Å². The molecular formula is C15H20N2O4. The van der Waals surface area contributed by atoms with Gasteiger partial charge in [0, 0.05) is 26.2 Å². The lowest BCUT2D eigenvalue weighted by atomic mass is 9.95. The summed E-state index contributed by atoms with van der Waals surface area (Å²) in [6.07, 6.45) is 0.493. The zero-order valence-electron chi connectivity index (χ0n) is 12.8. The van der Waals surface area contributed by atoms with Gasteiger partial charge in [0.05, 0.1) is 5.56 Å². The second-order valence-corrected chi connectivity index (χ2v) is 5.13. The molecule has 21 heavy (non-hydrogen) atoms. The van der Waals surface area contributed by atoms with Crippen LogP contribution in [-0.2, 0) is 11.3 Å². The number of carbonyl (C=O) groups excluding carboxylic acids is 1. The van der Waals surface area contributed by atoms with Crippen LogP contribution < -0.4 is 5.56 Å². The Labute approximate surface area is 123 Å². The number of hydrogen-bond donors (Lipinski definition) is 1. The third-order valence-corrected chi connectivity index (χ3v) is 3.30. The Morgan fingerprint density at radius 3 is 2.57 bits per heavy atom. The molecule has 0 aliphatic carbocycles. The van der Waals surface area contributed by atoms with Crippen molar-refractivity contribution in [1.29, 1.82) is 5.26 Å². The molecule has 0 aliphatic heterocycles. The normalized spacial score (nSPS) is 10.7. The molecule has 0 saturated carbocycles. The third kappa shape index (κ3) is 3.31. The Balaban J connectivity index is 3.52. The number of aromatic hydroxyl groups is 1. The highest BCUT2D eigenvalue weighted by Crippen LogP contribution is 2.24. The quantitative estimate of drug-likeness (QED) is 0.635. The minimum absolute atomic E-state index is 0.0542. The van der Waals surface area contributed by atoms with E-state index in [1.165, 1.54) is 14.0 Å². The smallest absolute Gasteiger partial charge is 0.271 e. The second kappa shape index (κ2) is 7.04. The van der Waals surface area contributed by atoms with Crippen LogP contribution in [0.5, 0.6) is 5.88 Å². The van der Waals surface area contributed by atoms with Gasteiger partial charge in [0.1, 0.15) is 11.6 Å². The standard InChI is InChI=1S/C15H20N2O4/c1-9(2)13(18)12-10(3)11(8-16)14(19)17(15(12)20)6-5-7-21-4/h9,20H,5-7H2,1-4H3. The SMILES string of the molecule is COCCCn1c(O)c(C(=O)C(C)C)c(C)c(C#N)c1=O. The Bertz CT molecular complexity index is 639. The van der Waals surface area contributed by atoms with Crippen molar-refractivity contribution in [3.05, 3.63) is 27.0 Å². The molecule has 0 saturated heterocycles. The Kier molecular flexibility index (Phi) is 5.68. The number of ether oxygens (including phenoxy) is 1. The number of methoxy groups -OCH3 is 1. The molecule has 0 aromatic carbocycles. The minimum atomic E-state index is -0.580. The summed E-state index contributed by atoms with van der Waals surface area (Å²) in [7, 11) is 1.53. The highest BCUT2D eigenvalue weighted by Gasteiger charge is 2.25. The molecule has 0 radical (unpaired) electrons. The third-order valence-electron chi connectivity index (χ3n) is 3.30. The number of carbonyl (C=O) groups is 1. The molecule has 1 heterocycles. The summed E-state index contributed by atoms with van der Waals surface area (Å²) in [4.78, 5) is 24.4. The van der Waals surface area contributed by atoms with E-state index in [9.17, 15) is 14.7 Å². The first-order valence-electron chi connectivity index (χ1n) is 6.76. The number of aromatic nitrogens is 1. The molecule has 6 nitrogen and oxygen atoms in total. The number of rotatable bonds is 6. The van der Waals surface area contributed by atoms with E-state index in [2.05, 4.69) is 0 Å². The van der Waals surface area contributed by atoms with Gasteiger partial charge in [-0.3, -0.25) is 14.2 Å². The lowest BCUT2D eigenvalue weighted by molar-refractivity contribution is 0.0934. The van der Waals surface area contributed by atoms with Crippen LogP contribution in [0.4, 0.5) is 0 Å². The molecule has 0 aliphatic rings. The molecular weight excluding hydrogens is 272 g/mol. The summed E-state index contributed by atoms with van der Waals surface area (Å²) >= 11 is 0. The van der Waals surface area contributed by atoms with E-state index in [0.717, 1.165) is 4.57 Å². The van der Waals surface area contributed by atoms with Crippen molar-refractivity contribution in [2.75, 3.05) is 13.7 Å². The first-order chi connectivity index (χ1) is 9.86. The van der Waals surface area contributed by atoms with Crippen LogP contribution in [-0.4, -0.2) is 29.2 Å². The van der Waals surface area contributed by atoms with Gasteiger partial charge in [-0.1, -0.05) is 13.8 Å². The lowest BCUT2D eigenvalue weighted by Crippen LogP contribution is -2.27. The second-order valence-electron chi connectivity index (χ2n) is 5.13. The van der Waals surface area contributed by atoms with E-state index < -0.39 is 5.56 Å². The highest BCUT2D eigenvalue weighted by atomic mass is 16.5. The zero-order chi connectivity index (χ0) is 16.2. The van der Waals surface area contributed by atoms with Gasteiger partial charge < -0.3 is 9.84 Å². The first-order valence-corrected chi connectivity index (χ1v) is 6.76. The molecule has 0 amide bonds. The Morgan fingerprint density at radius 1 is 1.48 bits per heavy atom. The van der Waals surface area contributed by atoms with E-state index in [1.807, 2.05) is 6.07 Å². The average Bonchev–Trinajstić information content (AvgIpc) is 2.42. The summed E-state index contributed by atoms with van der Waals surface area (Å²) < 4.78 is 5.98. The van der Waals surface area contributed by atoms with E-state index in [-0.39, 0.29) is 40.8 Å². The van der Waals surface area contributed by atoms with Crippen molar-refractivity contribution in [2.45, 2.75) is 33.7 Å². The van der Waals surface area contributed by atoms with Crippen LogP contribution in [0.2, 0.25) is 0 Å². The van der Waals surface area contributed by atoms with E-state index in [4.69, 9.17) is 10.00 Å². The van der Waals surface area contributed by atoms with Gasteiger partial charge in [0.25, 0.3) is 5.56 Å². The molecule has 114 valence electrons. The molecule has 0 bridgehead atoms. The Morgan fingerprint density at radius 2 is 2.10 bits per heavy atom. The largest absolute Gasteiger partial charge is 0.494 e. The van der Waals surface area contributed by atoms with Gasteiger partial charge in [0.15, 0.2) is 5.78 Å². The van der Waals surface area contributed by atoms with Gasteiger partial charge in [-0.05, 0) is 18.9 Å². The predicted octanol–water partition coefficient (Wildman–Crippen LogP) is 1.61. The molecule has 1 aromatic heterocycles. The first kappa shape index (κ1) is 16.9. The average molecular weight is 292 g/mol. The van der Waals surface area contributed by atoms with E-state index >= 15 is 0 Å². The van der Waals surface area contributed by atoms with Crippen molar-refractivity contribution in [1.82, 2.24) is 4.57 Å². The van der Waals surface area contributed by atoms with Crippen LogP contribution in [0.25, 0.3) is 0 Å². The maximum Gasteiger partial charge on any atom is 0.271 e. The molecule has 1 rings (SSSR count). The number of Topliss-reactive ketones (excluding diaryl/α,β-unsaturated/α-hetero) is 1. The number of hydrogen-bond acceptors (Lipinski definition) is 5. The van der Waals surface area contributed by atoms with Crippen molar-refractivity contribution < 1.29 is 14.6 Å². The maximum absolute atomic E-state index is 12.2. The van der Waals surface area contributed by atoms with Crippen LogP contribution in [0.1, 0.15) is 41.8 Å². The monoisotopic (exact) mass is 292 g/mol. The van der Waals surface area contributed by atoms with Crippen molar-refractivity contribution in [3.63, 3.8) is 0 Å². The van der Waals surface area contributed by atoms with Gasteiger partial charge in [-0.15, -0.1) is 0 Å². The van der Waals surface area contributed by atoms with Crippen LogP contribution in [0, 0.1) is 24.2 Å². The maximum atomic E-state index is 12.2. The fraction of sp³-hybridized carbons (Fsp3) is 0.533. The van der Waals surface area contributed by atoms with Crippen LogP contribution >= 0.6 is 0 Å². The number of pyridine rings is 1. The molecule has 6 heteroatoms. The summed E-state index contributed by atoms with van der Waals surface area (Å²) in [5.41, 5.74) is -0.390. The topological polar surface area (TPSA) is 92.3 Å². The van der Waals surface area contributed by atoms with Gasteiger partial charge in [-0.2, -0.15) is 5.26 Å². The lowest BCUT2D eigenvalue weighted by Gasteiger charge is -2.16. The molecule has 0 atom stereocenters. The van der Waals surface area contributed by atoms with Crippen molar-refractivity contribution >= 4 is 5.78 Å². The molecule has 1 aromatic rings. The zero-order valence-corrected chi connectivity index (χ0v) is 12.8. The summed E-state index contributed by atoms with van der Waals surface area (Å²) in [6.45, 7) is 5.51. The summed E-state index contributed by atoms with van der Waals surface area (Å²) in [5, 5.41) is 19.4. The summed E-state index contributed by atoms with van der Waals surface area (Å²) in [6, 6.07) is 1.83. The molecule has 0 unspecified atom stereocenters. The fourth-order valence-electron chi connectivity index (χ4n) is 2.11. The minimum Gasteiger partial charge on any atom is -0.494 e. The highest BCUT2D eigenvalue weighted by molar-refractivity contribution is 6.01. The number of ketones is 1. The number of nitriles is 1. The number of nitrogens with zero attached hydrogens (tertiary/aromatic N) is 2. The van der Waals surface area contributed by atoms with E-state index in [1.54, 1.807) is 13.8 Å². The fourth-order valence-corrected chi connectivity index (χ4v) is 2.11. The van der Waals surface area contributed by atoms with Gasteiger partial charge in [-0.25, -0.2) is 0 Å². The van der Waals surface area contributed by atoms with Crippen molar-refractivity contribution in [2.24, 2.45) is 5.92 Å². The molecule has 1 N–H and O–H groups in total. The van der Waals surface area contributed by atoms with Crippen molar-refractivity contribution in [3.8, 4) is 11.9 Å². The van der Waals surface area contributed by atoms with Crippen LogP contribution in [0.15, 0.2) is 4.79 Å². The molecule has 0 spiro atoms. The summed E-state index contributed by atoms with van der Waals surface area (Å²) in [5.74, 6) is -1.00. The predicted molar refractivity (Wildman–Crippen MR) is 77.5 cm³/mol. The molecule has 0 fully saturated rings. The van der Waals surface area contributed by atoms with Gasteiger partial charge in [0.2, 0.25) is 5.88 Å². The van der Waals surface area contributed by atoms with E-state index in [0.29, 0.717) is 13.0 Å². The Hall–Kier alpha value is -2.13. The van der Waals surface area contributed by atoms with Crippen LogP contribution in [0.3, 0.4) is 0 Å².